The fraction of sp³-hybridized carbons (Fsp3) is 0.182. The smallest absolute Gasteiger partial charge is 0.326 e. The molecule has 102 valence electrons. The molecule has 19 heavy (non-hydrogen) atoms. The molecule has 6 nitrogen and oxygen atoms in total. The summed E-state index contributed by atoms with van der Waals surface area (Å²) in [5, 5.41) is 10.6. The number of carbonyl (C=O) groups excluding carboxylic acids is 2. The molecule has 0 aliphatic rings. The van der Waals surface area contributed by atoms with Gasteiger partial charge in [-0.3, -0.25) is 9.59 Å². The van der Waals surface area contributed by atoms with Crippen LogP contribution in [-0.4, -0.2) is 28.9 Å². The first kappa shape index (κ1) is 14.6. The third-order valence-corrected chi connectivity index (χ3v) is 2.18. The monoisotopic (exact) mass is 272 g/mol. The van der Waals surface area contributed by atoms with Crippen molar-refractivity contribution in [2.45, 2.75) is 12.5 Å². The summed E-state index contributed by atoms with van der Waals surface area (Å²) in [5.74, 6) is -5.47. The summed E-state index contributed by atoms with van der Waals surface area (Å²) < 4.78 is 26.1. The Kier molecular flexibility index (Phi) is 4.51. The summed E-state index contributed by atoms with van der Waals surface area (Å²) in [6.07, 6.45) is -0.655. The lowest BCUT2D eigenvalue weighted by atomic mass is 10.1. The number of nitrogens with one attached hydrogen (secondary N) is 1. The topological polar surface area (TPSA) is 109 Å². The number of halogens is 2. The van der Waals surface area contributed by atoms with E-state index in [1.807, 2.05) is 5.32 Å². The highest BCUT2D eigenvalue weighted by molar-refractivity contribution is 5.97. The zero-order valence-corrected chi connectivity index (χ0v) is 9.52. The van der Waals surface area contributed by atoms with E-state index in [0.717, 1.165) is 12.1 Å². The average molecular weight is 272 g/mol. The van der Waals surface area contributed by atoms with Crippen LogP contribution in [-0.2, 0) is 9.59 Å². The maximum Gasteiger partial charge on any atom is 0.326 e. The molecule has 0 saturated carbocycles. The van der Waals surface area contributed by atoms with Crippen LogP contribution < -0.4 is 11.1 Å². The van der Waals surface area contributed by atoms with E-state index in [1.54, 1.807) is 0 Å². The number of carboxylic acids is 1. The van der Waals surface area contributed by atoms with Crippen molar-refractivity contribution in [1.29, 1.82) is 0 Å². The zero-order valence-electron chi connectivity index (χ0n) is 9.52. The van der Waals surface area contributed by atoms with Gasteiger partial charge in [0.05, 0.1) is 12.0 Å². The number of benzene rings is 1. The van der Waals surface area contributed by atoms with Crippen LogP contribution in [0.3, 0.4) is 0 Å². The number of carbonyl (C=O) groups is 3. The highest BCUT2D eigenvalue weighted by atomic mass is 19.1. The molecule has 0 aromatic heterocycles. The molecule has 0 spiro atoms. The largest absolute Gasteiger partial charge is 0.480 e. The van der Waals surface area contributed by atoms with Crippen LogP contribution in [0.1, 0.15) is 16.8 Å². The van der Waals surface area contributed by atoms with E-state index in [4.69, 9.17) is 10.8 Å². The van der Waals surface area contributed by atoms with E-state index >= 15 is 0 Å². The number of hydrogen-bond acceptors (Lipinski definition) is 3. The van der Waals surface area contributed by atoms with Crippen molar-refractivity contribution in [3.63, 3.8) is 0 Å². The number of hydrogen-bond donors (Lipinski definition) is 3. The number of aliphatic carboxylic acids is 1. The van der Waals surface area contributed by atoms with E-state index in [0.29, 0.717) is 6.07 Å². The Hall–Kier alpha value is -2.51. The molecule has 1 atom stereocenters. The van der Waals surface area contributed by atoms with Crippen molar-refractivity contribution >= 4 is 17.8 Å². The predicted molar refractivity (Wildman–Crippen MR) is 59.1 cm³/mol. The van der Waals surface area contributed by atoms with Gasteiger partial charge < -0.3 is 16.2 Å². The summed E-state index contributed by atoms with van der Waals surface area (Å²) in [6, 6.07) is 0.555. The molecule has 1 aromatic carbocycles. The number of amides is 2. The lowest BCUT2D eigenvalue weighted by Gasteiger charge is -2.13. The van der Waals surface area contributed by atoms with Gasteiger partial charge in [0.1, 0.15) is 17.7 Å². The van der Waals surface area contributed by atoms with Gasteiger partial charge in [0.15, 0.2) is 0 Å². The van der Waals surface area contributed by atoms with E-state index in [1.165, 1.54) is 0 Å². The summed E-state index contributed by atoms with van der Waals surface area (Å²) in [4.78, 5) is 33.0. The molecule has 2 amide bonds. The normalized spacial score (nSPS) is 11.7. The van der Waals surface area contributed by atoms with Crippen molar-refractivity contribution < 1.29 is 28.3 Å². The second-order valence-electron chi connectivity index (χ2n) is 3.66. The molecule has 0 bridgehead atoms. The first-order valence-corrected chi connectivity index (χ1v) is 5.08. The maximum absolute atomic E-state index is 13.3. The molecule has 0 aliphatic heterocycles. The molecule has 4 N–H and O–H groups in total. The van der Waals surface area contributed by atoms with E-state index in [-0.39, 0.29) is 0 Å². The third-order valence-electron chi connectivity index (χ3n) is 2.18. The minimum atomic E-state index is -1.60. The SMILES string of the molecule is NC(=O)C[C@@H](NC(=O)c1cc(F)ccc1F)C(=O)O. The standard InChI is InChI=1S/C11H10F2N2O4/c12-5-1-2-7(13)6(3-5)10(17)15-8(11(18)19)4-9(14)16/h1-3,8H,4H2,(H2,14,16)(H,15,17)(H,18,19)/t8-/m1/s1. The molecular formula is C11H10F2N2O4. The van der Waals surface area contributed by atoms with Gasteiger partial charge in [0.2, 0.25) is 5.91 Å². The average Bonchev–Trinajstić information content (AvgIpc) is 2.30. The fourth-order valence-corrected chi connectivity index (χ4v) is 1.31. The Morgan fingerprint density at radius 3 is 2.47 bits per heavy atom. The number of rotatable bonds is 5. The highest BCUT2D eigenvalue weighted by Crippen LogP contribution is 2.10. The van der Waals surface area contributed by atoms with Gasteiger partial charge in [-0.2, -0.15) is 0 Å². The van der Waals surface area contributed by atoms with Crippen LogP contribution in [0.15, 0.2) is 18.2 Å². The van der Waals surface area contributed by atoms with E-state index in [2.05, 4.69) is 0 Å². The van der Waals surface area contributed by atoms with Gasteiger partial charge in [-0.25, -0.2) is 13.6 Å². The summed E-state index contributed by atoms with van der Waals surface area (Å²) in [7, 11) is 0. The Bertz CT molecular complexity index is 533. The molecule has 0 unspecified atom stereocenters. The highest BCUT2D eigenvalue weighted by Gasteiger charge is 2.24. The molecule has 0 aliphatic carbocycles. The number of primary amides is 1. The van der Waals surface area contributed by atoms with Crippen LogP contribution >= 0.6 is 0 Å². The molecular weight excluding hydrogens is 262 g/mol. The first-order valence-electron chi connectivity index (χ1n) is 5.08. The Balaban J connectivity index is 2.90. The second-order valence-corrected chi connectivity index (χ2v) is 3.66. The van der Waals surface area contributed by atoms with E-state index in [9.17, 15) is 23.2 Å². The molecule has 0 saturated heterocycles. The van der Waals surface area contributed by atoms with Gasteiger partial charge in [0.25, 0.3) is 5.91 Å². The van der Waals surface area contributed by atoms with Crippen molar-refractivity contribution in [3.8, 4) is 0 Å². The molecule has 0 fully saturated rings. The number of nitrogens with two attached hydrogens (primary N) is 1. The second kappa shape index (κ2) is 5.89. The summed E-state index contributed by atoms with van der Waals surface area (Å²) in [6.45, 7) is 0. The first-order chi connectivity index (χ1) is 8.81. The van der Waals surface area contributed by atoms with Crippen LogP contribution in [0, 0.1) is 11.6 Å². The lowest BCUT2D eigenvalue weighted by Crippen LogP contribution is -2.43. The molecule has 0 radical (unpaired) electrons. The minimum absolute atomic E-state index is 0.619. The summed E-state index contributed by atoms with van der Waals surface area (Å²) in [5.41, 5.74) is 4.16. The molecule has 8 heteroatoms. The molecule has 1 aromatic rings. The molecule has 1 rings (SSSR count). The van der Waals surface area contributed by atoms with Gasteiger partial charge in [-0.05, 0) is 18.2 Å². The zero-order chi connectivity index (χ0) is 14.6. The van der Waals surface area contributed by atoms with Crippen molar-refractivity contribution in [2.24, 2.45) is 5.73 Å². The van der Waals surface area contributed by atoms with Gasteiger partial charge in [-0.15, -0.1) is 0 Å². The lowest BCUT2D eigenvalue weighted by molar-refractivity contribution is -0.140. The van der Waals surface area contributed by atoms with Crippen molar-refractivity contribution in [3.05, 3.63) is 35.4 Å². The summed E-state index contributed by atoms with van der Waals surface area (Å²) >= 11 is 0. The van der Waals surface area contributed by atoms with Crippen LogP contribution in [0.4, 0.5) is 8.78 Å². The fourth-order valence-electron chi connectivity index (χ4n) is 1.31. The van der Waals surface area contributed by atoms with E-state index < -0.39 is 47.4 Å². The quantitative estimate of drug-likeness (QED) is 0.702. The van der Waals surface area contributed by atoms with Crippen molar-refractivity contribution in [1.82, 2.24) is 5.32 Å². The Labute approximate surface area is 106 Å². The molecule has 0 heterocycles. The predicted octanol–water partition coefficient (Wildman–Crippen LogP) is 0.0232. The van der Waals surface area contributed by atoms with Crippen LogP contribution in [0.25, 0.3) is 0 Å². The van der Waals surface area contributed by atoms with Gasteiger partial charge >= 0.3 is 5.97 Å². The van der Waals surface area contributed by atoms with Crippen molar-refractivity contribution in [2.75, 3.05) is 0 Å². The van der Waals surface area contributed by atoms with Crippen LogP contribution in [0.2, 0.25) is 0 Å². The van der Waals surface area contributed by atoms with Crippen LogP contribution in [0.5, 0.6) is 0 Å². The van der Waals surface area contributed by atoms with Gasteiger partial charge in [0, 0.05) is 0 Å². The number of carboxylic acid groups (broad SMARTS) is 1. The van der Waals surface area contributed by atoms with Gasteiger partial charge in [-0.1, -0.05) is 0 Å². The Morgan fingerprint density at radius 1 is 1.32 bits per heavy atom. The Morgan fingerprint density at radius 2 is 1.95 bits per heavy atom. The maximum atomic E-state index is 13.3. The minimum Gasteiger partial charge on any atom is -0.480 e. The third kappa shape index (κ3) is 4.02.